The Morgan fingerprint density at radius 2 is 1.88 bits per heavy atom. The van der Waals surface area contributed by atoms with Gasteiger partial charge in [0.1, 0.15) is 18.5 Å². The van der Waals surface area contributed by atoms with Crippen molar-refractivity contribution >= 4 is 35.8 Å². The molecule has 1 aliphatic heterocycles. The first-order valence-corrected chi connectivity index (χ1v) is 11.0. The molecule has 1 aliphatic rings. The monoisotopic (exact) mass is 576 g/mol. The van der Waals surface area contributed by atoms with Crippen molar-refractivity contribution in [1.29, 1.82) is 0 Å². The van der Waals surface area contributed by atoms with Gasteiger partial charge in [0.15, 0.2) is 17.5 Å². The van der Waals surface area contributed by atoms with Crippen LogP contribution in [0.5, 0.6) is 11.5 Å². The second-order valence-electron chi connectivity index (χ2n) is 7.54. The zero-order chi connectivity index (χ0) is 22.9. The number of hydrogen-bond acceptors (Lipinski definition) is 5. The second-order valence-corrected chi connectivity index (χ2v) is 7.54. The smallest absolute Gasteiger partial charge is 0.251 e. The number of amides is 1. The first-order valence-electron chi connectivity index (χ1n) is 11.0. The molecule has 0 saturated heterocycles. The number of nitrogens with one attached hydrogen (secondary N) is 3. The average Bonchev–Trinajstić information content (AvgIpc) is 3.38. The third-order valence-corrected chi connectivity index (χ3v) is 5.02. The molecule has 34 heavy (non-hydrogen) atoms. The normalized spacial score (nSPS) is 14.6. The van der Waals surface area contributed by atoms with E-state index in [1.165, 1.54) is 0 Å². The van der Waals surface area contributed by atoms with E-state index in [0.717, 1.165) is 23.6 Å². The summed E-state index contributed by atoms with van der Waals surface area (Å²) >= 11 is 0. The van der Waals surface area contributed by atoms with Crippen molar-refractivity contribution in [3.05, 3.63) is 83.8 Å². The maximum atomic E-state index is 12.5. The summed E-state index contributed by atoms with van der Waals surface area (Å²) in [6, 6.07) is 18.7. The van der Waals surface area contributed by atoms with Crippen molar-refractivity contribution in [1.82, 2.24) is 16.0 Å². The third kappa shape index (κ3) is 7.14. The highest BCUT2D eigenvalue weighted by molar-refractivity contribution is 14.0. The first kappa shape index (κ1) is 25.4. The molecular formula is C25H29IN4O4. The van der Waals surface area contributed by atoms with Crippen LogP contribution in [-0.4, -0.2) is 37.7 Å². The molecule has 8 nitrogen and oxygen atoms in total. The number of benzene rings is 2. The minimum absolute atomic E-state index is 0. The molecule has 1 unspecified atom stereocenters. The number of carbonyl (C=O) groups excluding carboxylic acids is 1. The summed E-state index contributed by atoms with van der Waals surface area (Å²) in [5, 5.41) is 9.41. The van der Waals surface area contributed by atoms with Crippen molar-refractivity contribution in [3.63, 3.8) is 0 Å². The van der Waals surface area contributed by atoms with Crippen molar-refractivity contribution in [2.45, 2.75) is 26.1 Å². The van der Waals surface area contributed by atoms with Crippen LogP contribution in [0.1, 0.15) is 28.6 Å². The van der Waals surface area contributed by atoms with Gasteiger partial charge in [-0.05, 0) is 48.9 Å². The van der Waals surface area contributed by atoms with Crippen LogP contribution in [0.25, 0.3) is 0 Å². The molecule has 3 aromatic rings. The Balaban J connectivity index is 0.00000324. The Bertz CT molecular complexity index is 1090. The molecule has 1 amide bonds. The Hall–Kier alpha value is -3.21. The molecule has 1 atom stereocenters. The lowest BCUT2D eigenvalue weighted by Crippen LogP contribution is -2.45. The van der Waals surface area contributed by atoms with Gasteiger partial charge in [0.25, 0.3) is 5.91 Å². The highest BCUT2D eigenvalue weighted by Gasteiger charge is 2.20. The zero-order valence-electron chi connectivity index (χ0n) is 19.0. The number of furan rings is 1. The Morgan fingerprint density at radius 1 is 1.03 bits per heavy atom. The lowest BCUT2D eigenvalue weighted by molar-refractivity contribution is 0.0936. The molecule has 180 valence electrons. The van der Waals surface area contributed by atoms with Crippen molar-refractivity contribution in [2.24, 2.45) is 4.99 Å². The number of halogens is 1. The van der Waals surface area contributed by atoms with E-state index >= 15 is 0 Å². The number of rotatable bonds is 8. The summed E-state index contributed by atoms with van der Waals surface area (Å²) in [6.07, 6.45) is 1.47. The molecule has 2 heterocycles. The maximum absolute atomic E-state index is 12.5. The number of nitrogens with zero attached hydrogens (tertiary/aromatic N) is 1. The first-order chi connectivity index (χ1) is 16.2. The lowest BCUT2D eigenvalue weighted by atomic mass is 10.1. The number of fused-ring (bicyclic) bond motifs is 1. The molecule has 0 aliphatic carbocycles. The molecule has 2 aromatic carbocycles. The van der Waals surface area contributed by atoms with Gasteiger partial charge in [0, 0.05) is 12.1 Å². The minimum Gasteiger partial charge on any atom is -0.486 e. The number of aliphatic imine (C=N–C) groups is 1. The van der Waals surface area contributed by atoms with Crippen LogP contribution in [-0.2, 0) is 13.1 Å². The molecule has 1 aromatic heterocycles. The molecule has 9 heteroatoms. The molecule has 0 fully saturated rings. The van der Waals surface area contributed by atoms with Crippen molar-refractivity contribution < 1.29 is 18.7 Å². The largest absolute Gasteiger partial charge is 0.486 e. The highest BCUT2D eigenvalue weighted by atomic mass is 127. The fourth-order valence-electron chi connectivity index (χ4n) is 3.38. The number of hydrogen-bond donors (Lipinski definition) is 3. The quantitative estimate of drug-likeness (QED) is 0.215. The van der Waals surface area contributed by atoms with Crippen LogP contribution in [0.4, 0.5) is 0 Å². The lowest BCUT2D eigenvalue weighted by Gasteiger charge is -2.27. The van der Waals surface area contributed by atoms with Crippen LogP contribution in [0.15, 0.2) is 76.3 Å². The van der Waals surface area contributed by atoms with E-state index in [2.05, 4.69) is 20.9 Å². The number of guanidine groups is 1. The van der Waals surface area contributed by atoms with Crippen LogP contribution in [0.3, 0.4) is 0 Å². The molecule has 0 saturated carbocycles. The topological polar surface area (TPSA) is 97.1 Å². The standard InChI is InChI=1S/C25H28N4O4.HI/c1-2-26-25(29-16-21-17-32-22-10-3-4-11-23(22)33-21)28-14-18-7-5-8-19(13-18)24(30)27-15-20-9-6-12-31-20;/h3-13,21H,2,14-17H2,1H3,(H,27,30)(H2,26,28,29);1H. The Kier molecular flexibility index (Phi) is 9.62. The molecule has 4 rings (SSSR count). The zero-order valence-corrected chi connectivity index (χ0v) is 21.3. The third-order valence-electron chi connectivity index (χ3n) is 5.02. The van der Waals surface area contributed by atoms with Gasteiger partial charge in [-0.25, -0.2) is 4.99 Å². The molecular weight excluding hydrogens is 547 g/mol. The summed E-state index contributed by atoms with van der Waals surface area (Å²) in [5.74, 6) is 2.74. The van der Waals surface area contributed by atoms with Crippen LogP contribution in [0, 0.1) is 0 Å². The van der Waals surface area contributed by atoms with Crippen molar-refractivity contribution in [3.8, 4) is 11.5 Å². The van der Waals surface area contributed by atoms with E-state index in [1.807, 2.05) is 55.5 Å². The number of para-hydroxylation sites is 2. The predicted molar refractivity (Wildman–Crippen MR) is 141 cm³/mol. The van der Waals surface area contributed by atoms with Gasteiger partial charge in [0.2, 0.25) is 0 Å². The molecule has 0 radical (unpaired) electrons. The van der Waals surface area contributed by atoms with Crippen LogP contribution >= 0.6 is 24.0 Å². The fourth-order valence-corrected chi connectivity index (χ4v) is 3.38. The maximum Gasteiger partial charge on any atom is 0.251 e. The molecule has 3 N–H and O–H groups in total. The average molecular weight is 576 g/mol. The van der Waals surface area contributed by atoms with Crippen LogP contribution in [0.2, 0.25) is 0 Å². The van der Waals surface area contributed by atoms with E-state index in [9.17, 15) is 4.79 Å². The van der Waals surface area contributed by atoms with Gasteiger partial charge < -0.3 is 29.8 Å². The van der Waals surface area contributed by atoms with E-state index in [1.54, 1.807) is 18.4 Å². The van der Waals surface area contributed by atoms with Gasteiger partial charge >= 0.3 is 0 Å². The second kappa shape index (κ2) is 12.9. The van der Waals surface area contributed by atoms with Gasteiger partial charge in [0.05, 0.1) is 25.9 Å². The van der Waals surface area contributed by atoms with Gasteiger partial charge in [-0.2, -0.15) is 0 Å². The minimum atomic E-state index is -0.156. The Labute approximate surface area is 216 Å². The van der Waals surface area contributed by atoms with E-state index in [-0.39, 0.29) is 36.0 Å². The summed E-state index contributed by atoms with van der Waals surface area (Å²) in [5.41, 5.74) is 1.52. The van der Waals surface area contributed by atoms with Gasteiger partial charge in [-0.15, -0.1) is 24.0 Å². The summed E-state index contributed by atoms with van der Waals surface area (Å²) in [6.45, 7) is 4.54. The van der Waals surface area contributed by atoms with E-state index < -0.39 is 0 Å². The SMILES string of the molecule is CCNC(=NCc1cccc(C(=O)NCc2ccco2)c1)NCC1COc2ccccc2O1.I. The number of ether oxygens (including phenoxy) is 2. The summed E-state index contributed by atoms with van der Waals surface area (Å²) in [7, 11) is 0. The number of carbonyl (C=O) groups is 1. The highest BCUT2D eigenvalue weighted by Crippen LogP contribution is 2.30. The molecule has 0 bridgehead atoms. The predicted octanol–water partition coefficient (Wildman–Crippen LogP) is 3.72. The van der Waals surface area contributed by atoms with Crippen molar-refractivity contribution in [2.75, 3.05) is 19.7 Å². The summed E-state index contributed by atoms with van der Waals surface area (Å²) in [4.78, 5) is 17.1. The molecule has 0 spiro atoms. The fraction of sp³-hybridized carbons (Fsp3) is 0.280. The van der Waals surface area contributed by atoms with Gasteiger partial charge in [-0.3, -0.25) is 4.79 Å². The van der Waals surface area contributed by atoms with Crippen LogP contribution < -0.4 is 25.4 Å². The van der Waals surface area contributed by atoms with Gasteiger partial charge in [-0.1, -0.05) is 24.3 Å². The summed E-state index contributed by atoms with van der Waals surface area (Å²) < 4.78 is 17.0. The Morgan fingerprint density at radius 3 is 2.68 bits per heavy atom. The van der Waals surface area contributed by atoms with E-state index in [4.69, 9.17) is 13.9 Å². The van der Waals surface area contributed by atoms with E-state index in [0.29, 0.717) is 43.5 Å².